The van der Waals surface area contributed by atoms with E-state index in [-0.39, 0.29) is 17.0 Å². The number of hydrogen-bond acceptors (Lipinski definition) is 3. The van der Waals surface area contributed by atoms with Crippen LogP contribution in [0.25, 0.3) is 0 Å². The van der Waals surface area contributed by atoms with E-state index >= 15 is 0 Å². The molecule has 0 saturated carbocycles. The maximum atomic E-state index is 12.0. The molecule has 0 amide bonds. The Balaban J connectivity index is 0.000000297. The van der Waals surface area contributed by atoms with Crippen LogP contribution in [0.1, 0.15) is 28.4 Å². The van der Waals surface area contributed by atoms with E-state index in [4.69, 9.17) is 28.3 Å². The number of benzene rings is 3. The summed E-state index contributed by atoms with van der Waals surface area (Å²) in [6.45, 7) is 2.20. The molecule has 0 aliphatic heterocycles. The van der Waals surface area contributed by atoms with Crippen LogP contribution < -0.4 is 4.72 Å². The number of carboxylic acids is 1. The third-order valence-electron chi connectivity index (χ3n) is 4.11. The normalized spacial score (nSPS) is 10.8. The molecule has 3 aromatic carbocycles. The second kappa shape index (κ2) is 11.1. The summed E-state index contributed by atoms with van der Waals surface area (Å²) in [4.78, 5) is 10.8. The maximum absolute atomic E-state index is 12.0. The molecule has 0 saturated heterocycles. The van der Waals surface area contributed by atoms with Crippen LogP contribution in [0.5, 0.6) is 0 Å². The van der Waals surface area contributed by atoms with Crippen molar-refractivity contribution in [1.29, 1.82) is 0 Å². The molecule has 30 heavy (non-hydrogen) atoms. The van der Waals surface area contributed by atoms with Gasteiger partial charge in [0, 0.05) is 16.6 Å². The topological polar surface area (TPSA) is 83.5 Å². The number of aromatic carboxylic acids is 1. The highest BCUT2D eigenvalue weighted by Gasteiger charge is 2.13. The number of sulfonamides is 1. The first-order valence-corrected chi connectivity index (χ1v) is 11.3. The van der Waals surface area contributed by atoms with Gasteiger partial charge in [0.15, 0.2) is 0 Å². The smallest absolute Gasteiger partial charge is 0.335 e. The largest absolute Gasteiger partial charge is 0.478 e. The number of aryl methyl sites for hydroxylation is 1. The lowest BCUT2D eigenvalue weighted by Crippen LogP contribution is -2.23. The van der Waals surface area contributed by atoms with Crippen molar-refractivity contribution in [1.82, 2.24) is 4.72 Å². The van der Waals surface area contributed by atoms with Crippen molar-refractivity contribution >= 4 is 39.2 Å². The minimum Gasteiger partial charge on any atom is -0.478 e. The Hall–Kier alpha value is -2.38. The fraction of sp³-hybridized carbons (Fsp3) is 0.136. The zero-order chi connectivity index (χ0) is 22.1. The Kier molecular flexibility index (Phi) is 8.87. The monoisotopic (exact) mass is 465 g/mol. The second-order valence-electron chi connectivity index (χ2n) is 6.26. The summed E-state index contributed by atoms with van der Waals surface area (Å²) in [6, 6.07) is 19.7. The van der Waals surface area contributed by atoms with Gasteiger partial charge in [-0.15, -0.1) is 0 Å². The van der Waals surface area contributed by atoms with Gasteiger partial charge in [-0.25, -0.2) is 17.9 Å². The van der Waals surface area contributed by atoms with E-state index in [1.807, 2.05) is 24.3 Å². The van der Waals surface area contributed by atoms with Crippen molar-refractivity contribution in [3.8, 4) is 0 Å². The zero-order valence-corrected chi connectivity index (χ0v) is 18.5. The van der Waals surface area contributed by atoms with Gasteiger partial charge in [-0.2, -0.15) is 0 Å². The van der Waals surface area contributed by atoms with Gasteiger partial charge in [-0.05, 0) is 66.1 Å². The molecule has 0 radical (unpaired) electrons. The van der Waals surface area contributed by atoms with Crippen LogP contribution in [0.4, 0.5) is 0 Å². The fourth-order valence-corrected chi connectivity index (χ4v) is 3.63. The van der Waals surface area contributed by atoms with Gasteiger partial charge < -0.3 is 5.11 Å². The van der Waals surface area contributed by atoms with E-state index in [0.717, 1.165) is 11.4 Å². The third-order valence-corrected chi connectivity index (χ3v) is 6.03. The Bertz CT molecular complexity index is 1070. The molecule has 0 fully saturated rings. The van der Waals surface area contributed by atoms with Gasteiger partial charge >= 0.3 is 5.97 Å². The minimum absolute atomic E-state index is 0.0743. The van der Waals surface area contributed by atoms with E-state index in [0.29, 0.717) is 10.6 Å². The lowest BCUT2D eigenvalue weighted by atomic mass is 10.1. The number of nitrogens with one attached hydrogen (secondary N) is 1. The van der Waals surface area contributed by atoms with Gasteiger partial charge in [-0.1, -0.05) is 54.4 Å². The highest BCUT2D eigenvalue weighted by molar-refractivity contribution is 7.89. The second-order valence-corrected chi connectivity index (χ2v) is 8.90. The SMILES string of the molecule is CCc1ccc(Cl)cc1.O=C(O)c1ccc(CNS(=O)(=O)c2ccc(Cl)cc2)cc1. The van der Waals surface area contributed by atoms with Gasteiger partial charge in [0.25, 0.3) is 0 Å². The van der Waals surface area contributed by atoms with E-state index in [1.165, 1.54) is 42.0 Å². The molecule has 0 heterocycles. The predicted octanol–water partition coefficient (Wildman–Crippen LogP) is 5.42. The first-order chi connectivity index (χ1) is 14.2. The van der Waals surface area contributed by atoms with Crippen LogP contribution in [0, 0.1) is 0 Å². The van der Waals surface area contributed by atoms with Crippen molar-refractivity contribution in [2.45, 2.75) is 24.8 Å². The lowest BCUT2D eigenvalue weighted by molar-refractivity contribution is 0.0697. The highest BCUT2D eigenvalue weighted by Crippen LogP contribution is 2.14. The number of carboxylic acid groups (broad SMARTS) is 1. The molecule has 0 spiro atoms. The van der Waals surface area contributed by atoms with E-state index in [2.05, 4.69) is 11.6 Å². The highest BCUT2D eigenvalue weighted by atomic mass is 35.5. The number of halogens is 2. The minimum atomic E-state index is -3.63. The van der Waals surface area contributed by atoms with Crippen LogP contribution in [0.15, 0.2) is 77.7 Å². The summed E-state index contributed by atoms with van der Waals surface area (Å²) in [5.74, 6) is -1.02. The number of hydrogen-bond donors (Lipinski definition) is 2. The Labute approximate surface area is 186 Å². The van der Waals surface area contributed by atoms with Crippen molar-refractivity contribution < 1.29 is 18.3 Å². The van der Waals surface area contributed by atoms with E-state index in [9.17, 15) is 13.2 Å². The molecular weight excluding hydrogens is 445 g/mol. The maximum Gasteiger partial charge on any atom is 0.335 e. The molecule has 2 N–H and O–H groups in total. The van der Waals surface area contributed by atoms with Gasteiger partial charge in [0.05, 0.1) is 10.5 Å². The molecule has 158 valence electrons. The molecule has 3 aromatic rings. The van der Waals surface area contributed by atoms with E-state index in [1.54, 1.807) is 12.1 Å². The van der Waals surface area contributed by atoms with Gasteiger partial charge in [0.2, 0.25) is 10.0 Å². The van der Waals surface area contributed by atoms with Crippen LogP contribution in [0.2, 0.25) is 10.0 Å². The van der Waals surface area contributed by atoms with Crippen LogP contribution >= 0.6 is 23.2 Å². The first-order valence-electron chi connectivity index (χ1n) is 9.03. The Morgan fingerprint density at radius 1 is 0.833 bits per heavy atom. The number of carbonyl (C=O) groups is 1. The molecule has 0 aromatic heterocycles. The molecule has 0 bridgehead atoms. The molecular formula is C22H21Cl2NO4S. The summed E-state index contributed by atoms with van der Waals surface area (Å²) in [7, 11) is -3.63. The average molecular weight is 466 g/mol. The average Bonchev–Trinajstić information content (AvgIpc) is 2.74. The fourth-order valence-electron chi connectivity index (χ4n) is 2.36. The molecule has 3 rings (SSSR count). The molecule has 0 atom stereocenters. The zero-order valence-electron chi connectivity index (χ0n) is 16.2. The van der Waals surface area contributed by atoms with Crippen LogP contribution in [-0.2, 0) is 23.0 Å². The summed E-state index contributed by atoms with van der Waals surface area (Å²) in [5.41, 5.74) is 2.15. The van der Waals surface area contributed by atoms with Crippen LogP contribution in [0.3, 0.4) is 0 Å². The predicted molar refractivity (Wildman–Crippen MR) is 120 cm³/mol. The van der Waals surface area contributed by atoms with Crippen molar-refractivity contribution in [3.63, 3.8) is 0 Å². The van der Waals surface area contributed by atoms with Crippen molar-refractivity contribution in [3.05, 3.63) is 99.5 Å². The van der Waals surface area contributed by atoms with E-state index < -0.39 is 16.0 Å². The summed E-state index contributed by atoms with van der Waals surface area (Å²) in [5, 5.41) is 10.1. The summed E-state index contributed by atoms with van der Waals surface area (Å²) < 4.78 is 26.5. The van der Waals surface area contributed by atoms with Crippen LogP contribution in [-0.4, -0.2) is 19.5 Å². The Morgan fingerprint density at radius 2 is 1.30 bits per heavy atom. The quantitative estimate of drug-likeness (QED) is 0.508. The van der Waals surface area contributed by atoms with Crippen molar-refractivity contribution in [2.75, 3.05) is 0 Å². The molecule has 0 aliphatic carbocycles. The molecule has 0 aliphatic rings. The first kappa shape index (κ1) is 23.9. The summed E-state index contributed by atoms with van der Waals surface area (Å²) >= 11 is 11.4. The molecule has 8 heteroatoms. The van der Waals surface area contributed by atoms with Gasteiger partial charge in [0.1, 0.15) is 0 Å². The molecule has 0 unspecified atom stereocenters. The number of rotatable bonds is 6. The Morgan fingerprint density at radius 3 is 1.77 bits per heavy atom. The molecule has 5 nitrogen and oxygen atoms in total. The standard InChI is InChI=1S/C14H12ClNO4S.C8H9Cl/c15-12-5-7-13(8-6-12)21(19,20)16-9-10-1-3-11(4-2-10)14(17)18;1-2-7-3-5-8(9)6-4-7/h1-8,16H,9H2,(H,17,18);3-6H,2H2,1H3. The lowest BCUT2D eigenvalue weighted by Gasteiger charge is -2.07. The van der Waals surface area contributed by atoms with Crippen molar-refractivity contribution in [2.24, 2.45) is 0 Å². The summed E-state index contributed by atoms with van der Waals surface area (Å²) in [6.07, 6.45) is 1.08. The third kappa shape index (κ3) is 7.46. The van der Waals surface area contributed by atoms with Gasteiger partial charge in [-0.3, -0.25) is 0 Å².